The Balaban J connectivity index is 1.61. The molecule has 29 heavy (non-hydrogen) atoms. The van der Waals surface area contributed by atoms with Gasteiger partial charge in [0.2, 0.25) is 0 Å². The van der Waals surface area contributed by atoms with Crippen LogP contribution >= 0.6 is 0 Å². The molecule has 1 fully saturated rings. The highest BCUT2D eigenvalue weighted by molar-refractivity contribution is 5.85. The summed E-state index contributed by atoms with van der Waals surface area (Å²) in [6.45, 7) is 5.87. The lowest BCUT2D eigenvalue weighted by molar-refractivity contribution is 0.620. The van der Waals surface area contributed by atoms with Crippen molar-refractivity contribution in [2.75, 3.05) is 23.3 Å². The minimum absolute atomic E-state index is 0.0114. The molecule has 0 aliphatic carbocycles. The molecule has 0 saturated carbocycles. The van der Waals surface area contributed by atoms with Gasteiger partial charge in [0.15, 0.2) is 5.65 Å². The molecule has 5 rings (SSSR count). The fourth-order valence-corrected chi connectivity index (χ4v) is 4.11. The summed E-state index contributed by atoms with van der Waals surface area (Å²) >= 11 is 0. The number of aromatic nitrogens is 4. The van der Waals surface area contributed by atoms with Crippen LogP contribution in [0, 0.1) is 12.7 Å². The summed E-state index contributed by atoms with van der Waals surface area (Å²) in [5, 5.41) is 8.88. The number of halogens is 1. The number of nitrogens with zero attached hydrogens (tertiary/aromatic N) is 5. The third kappa shape index (κ3) is 3.06. The molecule has 148 valence electrons. The van der Waals surface area contributed by atoms with E-state index in [4.69, 9.17) is 4.98 Å². The highest BCUT2D eigenvalue weighted by Crippen LogP contribution is 2.33. The Bertz CT molecular complexity index is 1190. The van der Waals surface area contributed by atoms with E-state index in [1.54, 1.807) is 23.8 Å². The molecule has 1 saturated heterocycles. The fraction of sp³-hybridized carbons (Fsp3) is 0.318. The van der Waals surface area contributed by atoms with E-state index in [1.165, 1.54) is 6.07 Å². The van der Waals surface area contributed by atoms with Crippen molar-refractivity contribution in [3.8, 4) is 0 Å². The lowest BCUT2D eigenvalue weighted by Gasteiger charge is -2.25. The van der Waals surface area contributed by atoms with E-state index in [0.717, 1.165) is 59.7 Å². The minimum Gasteiger partial charge on any atom is -0.363 e. The summed E-state index contributed by atoms with van der Waals surface area (Å²) in [6, 6.07) is 9.25. The number of hydrogen-bond donors (Lipinski definition) is 1. The zero-order valence-corrected chi connectivity index (χ0v) is 16.6. The zero-order chi connectivity index (χ0) is 20.0. The van der Waals surface area contributed by atoms with Crippen LogP contribution in [0.5, 0.6) is 0 Å². The van der Waals surface area contributed by atoms with E-state index in [1.807, 2.05) is 18.2 Å². The first-order chi connectivity index (χ1) is 14.1. The smallest absolute Gasteiger partial charge is 0.157 e. The largest absolute Gasteiger partial charge is 0.363 e. The summed E-state index contributed by atoms with van der Waals surface area (Å²) < 4.78 is 15.9. The van der Waals surface area contributed by atoms with Crippen molar-refractivity contribution in [2.24, 2.45) is 0 Å². The molecule has 0 bridgehead atoms. The van der Waals surface area contributed by atoms with Crippen molar-refractivity contribution in [3.05, 3.63) is 59.7 Å². The average Bonchev–Trinajstić information content (AvgIpc) is 3.42. The maximum Gasteiger partial charge on any atom is 0.157 e. The molecule has 4 aromatic rings. The van der Waals surface area contributed by atoms with Gasteiger partial charge >= 0.3 is 0 Å². The SMILES string of the molecule is Cc1c(F)ccc2cc([C@H](C)Nc3ccnc4ccnn34)c(N3CCCC3)nc12. The molecule has 1 N–H and O–H groups in total. The number of hydrogen-bond acceptors (Lipinski definition) is 5. The molecular formula is C22H23FN6. The third-order valence-electron chi connectivity index (χ3n) is 5.71. The van der Waals surface area contributed by atoms with Crippen molar-refractivity contribution in [1.29, 1.82) is 0 Å². The maximum absolute atomic E-state index is 14.1. The van der Waals surface area contributed by atoms with Crippen LogP contribution < -0.4 is 10.2 Å². The fourth-order valence-electron chi connectivity index (χ4n) is 4.11. The van der Waals surface area contributed by atoms with Gasteiger partial charge in [-0.2, -0.15) is 9.61 Å². The lowest BCUT2D eigenvalue weighted by Crippen LogP contribution is -2.23. The van der Waals surface area contributed by atoms with Gasteiger partial charge in [-0.15, -0.1) is 0 Å². The number of rotatable bonds is 4. The molecule has 4 heterocycles. The number of fused-ring (bicyclic) bond motifs is 2. The number of aryl methyl sites for hydroxylation is 1. The molecule has 7 heteroatoms. The second-order valence-electron chi connectivity index (χ2n) is 7.64. The normalized spacial score (nSPS) is 15.3. The van der Waals surface area contributed by atoms with E-state index in [2.05, 4.69) is 33.3 Å². The third-order valence-corrected chi connectivity index (χ3v) is 5.71. The Hall–Kier alpha value is -3.22. The molecule has 1 aliphatic rings. The highest BCUT2D eigenvalue weighted by Gasteiger charge is 2.22. The van der Waals surface area contributed by atoms with Crippen LogP contribution in [0.1, 0.15) is 36.9 Å². The minimum atomic E-state index is -0.214. The van der Waals surface area contributed by atoms with E-state index < -0.39 is 0 Å². The zero-order valence-electron chi connectivity index (χ0n) is 16.6. The van der Waals surface area contributed by atoms with Gasteiger partial charge < -0.3 is 10.2 Å². The highest BCUT2D eigenvalue weighted by atomic mass is 19.1. The average molecular weight is 390 g/mol. The lowest BCUT2D eigenvalue weighted by atomic mass is 10.0. The van der Waals surface area contributed by atoms with Crippen LogP contribution in [0.3, 0.4) is 0 Å². The van der Waals surface area contributed by atoms with E-state index in [-0.39, 0.29) is 11.9 Å². The second-order valence-corrected chi connectivity index (χ2v) is 7.64. The first-order valence-corrected chi connectivity index (χ1v) is 10.0. The Morgan fingerprint density at radius 3 is 2.76 bits per heavy atom. The van der Waals surface area contributed by atoms with Gasteiger partial charge in [0.05, 0.1) is 17.8 Å². The Morgan fingerprint density at radius 1 is 1.10 bits per heavy atom. The molecule has 0 radical (unpaired) electrons. The van der Waals surface area contributed by atoms with Crippen molar-refractivity contribution >= 4 is 28.2 Å². The summed E-state index contributed by atoms with van der Waals surface area (Å²) in [5.74, 6) is 1.60. The monoisotopic (exact) mass is 390 g/mol. The quantitative estimate of drug-likeness (QED) is 0.556. The first-order valence-electron chi connectivity index (χ1n) is 10.0. The number of pyridine rings is 1. The standard InChI is InChI=1S/C22H23FN6/c1-14-18(23)6-5-16-13-17(22(27-21(14)16)28-11-3-4-12-28)15(2)26-20-7-9-24-19-8-10-25-29(19)20/h5-10,13,15,26H,3-4,11-12H2,1-2H3/t15-/m0/s1. The van der Waals surface area contributed by atoms with Crippen LogP contribution in [0.4, 0.5) is 16.0 Å². The molecule has 6 nitrogen and oxygen atoms in total. The van der Waals surface area contributed by atoms with Gasteiger partial charge in [0.1, 0.15) is 17.5 Å². The maximum atomic E-state index is 14.1. The van der Waals surface area contributed by atoms with Gasteiger partial charge in [-0.05, 0) is 51.0 Å². The number of anilines is 2. The molecule has 1 aliphatic heterocycles. The van der Waals surface area contributed by atoms with Crippen molar-refractivity contribution in [3.63, 3.8) is 0 Å². The summed E-state index contributed by atoms with van der Waals surface area (Å²) in [5.41, 5.74) is 3.23. The topological polar surface area (TPSA) is 58.4 Å². The molecule has 1 atom stereocenters. The van der Waals surface area contributed by atoms with E-state index >= 15 is 0 Å². The predicted molar refractivity (Wildman–Crippen MR) is 113 cm³/mol. The van der Waals surface area contributed by atoms with Crippen LogP contribution in [0.2, 0.25) is 0 Å². The molecular weight excluding hydrogens is 367 g/mol. The number of nitrogens with one attached hydrogen (secondary N) is 1. The van der Waals surface area contributed by atoms with Crippen LogP contribution in [-0.4, -0.2) is 32.7 Å². The molecule has 0 spiro atoms. The Morgan fingerprint density at radius 2 is 1.93 bits per heavy atom. The predicted octanol–water partition coefficient (Wildman–Crippen LogP) is 4.50. The van der Waals surface area contributed by atoms with Crippen molar-refractivity contribution in [1.82, 2.24) is 19.6 Å². The van der Waals surface area contributed by atoms with Gasteiger partial charge in [0.25, 0.3) is 0 Å². The molecule has 3 aromatic heterocycles. The van der Waals surface area contributed by atoms with Gasteiger partial charge in [0, 0.05) is 41.9 Å². The van der Waals surface area contributed by atoms with Crippen molar-refractivity contribution in [2.45, 2.75) is 32.7 Å². The summed E-state index contributed by atoms with van der Waals surface area (Å²) in [6.07, 6.45) is 5.82. The number of benzene rings is 1. The Labute approximate surface area is 168 Å². The van der Waals surface area contributed by atoms with Crippen molar-refractivity contribution < 1.29 is 4.39 Å². The Kier molecular flexibility index (Phi) is 4.30. The van der Waals surface area contributed by atoms with Gasteiger partial charge in [-0.25, -0.2) is 14.4 Å². The van der Waals surface area contributed by atoms with Crippen LogP contribution in [-0.2, 0) is 0 Å². The first kappa shape index (κ1) is 17.8. The molecule has 1 aromatic carbocycles. The second kappa shape index (κ2) is 6.99. The summed E-state index contributed by atoms with van der Waals surface area (Å²) in [7, 11) is 0. The molecule has 0 amide bonds. The van der Waals surface area contributed by atoms with Gasteiger partial charge in [-0.1, -0.05) is 0 Å². The van der Waals surface area contributed by atoms with E-state index in [0.29, 0.717) is 5.56 Å². The van der Waals surface area contributed by atoms with E-state index in [9.17, 15) is 4.39 Å². The molecule has 0 unspecified atom stereocenters. The van der Waals surface area contributed by atoms with Gasteiger partial charge in [-0.3, -0.25) is 0 Å². The summed E-state index contributed by atoms with van der Waals surface area (Å²) in [4.78, 5) is 11.6. The van der Waals surface area contributed by atoms with Crippen LogP contribution in [0.15, 0.2) is 42.7 Å². The van der Waals surface area contributed by atoms with Crippen LogP contribution in [0.25, 0.3) is 16.6 Å².